The predicted octanol–water partition coefficient (Wildman–Crippen LogP) is 5.80. The van der Waals surface area contributed by atoms with Crippen LogP contribution in [0, 0.1) is 26.2 Å². The Morgan fingerprint density at radius 3 is 2.00 bits per heavy atom. The van der Waals surface area contributed by atoms with Crippen molar-refractivity contribution in [3.63, 3.8) is 0 Å². The molecule has 122 valence electrons. The first-order valence-electron chi connectivity index (χ1n) is 8.69. The Kier molecular flexibility index (Phi) is 4.00. The van der Waals surface area contributed by atoms with E-state index >= 15 is 0 Å². The lowest BCUT2D eigenvalue weighted by atomic mass is 9.86. The molecule has 1 heteroatoms. The van der Waals surface area contributed by atoms with Crippen LogP contribution < -0.4 is 4.74 Å². The molecule has 0 atom stereocenters. The molecule has 1 aliphatic rings. The number of hydrogen-bond donors (Lipinski definition) is 0. The minimum atomic E-state index is 0.391. The molecule has 2 aromatic rings. The van der Waals surface area contributed by atoms with Crippen molar-refractivity contribution >= 4 is 0 Å². The third kappa shape index (κ3) is 2.78. The normalized spacial score (nSPS) is 15.6. The van der Waals surface area contributed by atoms with Gasteiger partial charge in [0.15, 0.2) is 0 Å². The lowest BCUT2D eigenvalue weighted by Crippen LogP contribution is -2.10. The van der Waals surface area contributed by atoms with Crippen molar-refractivity contribution in [2.75, 3.05) is 6.61 Å². The quantitative estimate of drug-likeness (QED) is 0.696. The van der Waals surface area contributed by atoms with Gasteiger partial charge in [-0.15, -0.1) is 0 Å². The zero-order chi connectivity index (χ0) is 16.8. The van der Waals surface area contributed by atoms with Gasteiger partial charge in [-0.2, -0.15) is 0 Å². The standard InChI is InChI=1S/C22H28O/c1-7-23-18-10-8-17(9-11-18)21-15(3)14(2)19-12-22(5,6)13-20(19)16(21)4/h8-11H,7,12-13H2,1-6H3. The molecule has 0 spiro atoms. The maximum absolute atomic E-state index is 5.58. The summed E-state index contributed by atoms with van der Waals surface area (Å²) >= 11 is 0. The van der Waals surface area contributed by atoms with Gasteiger partial charge in [0.1, 0.15) is 5.75 Å². The van der Waals surface area contributed by atoms with Gasteiger partial charge in [0.25, 0.3) is 0 Å². The number of ether oxygens (including phenoxy) is 1. The van der Waals surface area contributed by atoms with E-state index in [9.17, 15) is 0 Å². The summed E-state index contributed by atoms with van der Waals surface area (Å²) < 4.78 is 5.58. The Labute approximate surface area is 140 Å². The van der Waals surface area contributed by atoms with Crippen LogP contribution in [0.1, 0.15) is 48.6 Å². The van der Waals surface area contributed by atoms with Gasteiger partial charge in [0.05, 0.1) is 6.61 Å². The molecule has 0 N–H and O–H groups in total. The lowest BCUT2D eigenvalue weighted by Gasteiger charge is -2.19. The van der Waals surface area contributed by atoms with Crippen LogP contribution in [0.5, 0.6) is 5.75 Å². The lowest BCUT2D eigenvalue weighted by molar-refractivity contribution is 0.340. The van der Waals surface area contributed by atoms with Gasteiger partial charge >= 0.3 is 0 Å². The average molecular weight is 308 g/mol. The van der Waals surface area contributed by atoms with E-state index in [1.807, 2.05) is 6.92 Å². The van der Waals surface area contributed by atoms with Crippen LogP contribution in [-0.4, -0.2) is 6.61 Å². The first kappa shape index (κ1) is 16.1. The molecule has 2 aromatic carbocycles. The molecule has 0 bridgehead atoms. The van der Waals surface area contributed by atoms with E-state index in [1.165, 1.54) is 40.7 Å². The Morgan fingerprint density at radius 1 is 0.870 bits per heavy atom. The summed E-state index contributed by atoms with van der Waals surface area (Å²) in [5, 5.41) is 0. The number of rotatable bonds is 3. The number of fused-ring (bicyclic) bond motifs is 1. The molecule has 0 aromatic heterocycles. The van der Waals surface area contributed by atoms with E-state index in [4.69, 9.17) is 4.74 Å². The zero-order valence-electron chi connectivity index (χ0n) is 15.3. The smallest absolute Gasteiger partial charge is 0.119 e. The van der Waals surface area contributed by atoms with Crippen molar-refractivity contribution in [1.82, 2.24) is 0 Å². The van der Waals surface area contributed by atoms with Gasteiger partial charge in [-0.1, -0.05) is 26.0 Å². The summed E-state index contributed by atoms with van der Waals surface area (Å²) in [6.45, 7) is 14.4. The molecule has 0 unspecified atom stereocenters. The second kappa shape index (κ2) is 5.70. The minimum absolute atomic E-state index is 0.391. The Bertz CT molecular complexity index is 736. The fourth-order valence-electron chi connectivity index (χ4n) is 4.11. The first-order valence-corrected chi connectivity index (χ1v) is 8.69. The highest BCUT2D eigenvalue weighted by Gasteiger charge is 2.32. The fourth-order valence-corrected chi connectivity index (χ4v) is 4.11. The minimum Gasteiger partial charge on any atom is -0.494 e. The van der Waals surface area contributed by atoms with Crippen molar-refractivity contribution in [2.45, 2.75) is 54.4 Å². The van der Waals surface area contributed by atoms with Crippen LogP contribution in [0.25, 0.3) is 11.1 Å². The highest BCUT2D eigenvalue weighted by atomic mass is 16.5. The van der Waals surface area contributed by atoms with Gasteiger partial charge in [-0.25, -0.2) is 0 Å². The molecule has 0 aliphatic heterocycles. The summed E-state index contributed by atoms with van der Waals surface area (Å²) in [6.07, 6.45) is 2.40. The molecule has 0 radical (unpaired) electrons. The molecule has 1 aliphatic carbocycles. The third-order valence-corrected chi connectivity index (χ3v) is 5.35. The molecule has 23 heavy (non-hydrogen) atoms. The third-order valence-electron chi connectivity index (χ3n) is 5.35. The monoisotopic (exact) mass is 308 g/mol. The van der Waals surface area contributed by atoms with Crippen LogP contribution in [-0.2, 0) is 12.8 Å². The van der Waals surface area contributed by atoms with Crippen LogP contribution in [0.15, 0.2) is 24.3 Å². The van der Waals surface area contributed by atoms with E-state index < -0.39 is 0 Å². The molecule has 0 fully saturated rings. The summed E-state index contributed by atoms with van der Waals surface area (Å²) in [6, 6.07) is 8.58. The van der Waals surface area contributed by atoms with Gasteiger partial charge in [0, 0.05) is 0 Å². The zero-order valence-corrected chi connectivity index (χ0v) is 15.3. The average Bonchev–Trinajstić information content (AvgIpc) is 2.83. The number of benzene rings is 2. The Hall–Kier alpha value is -1.76. The largest absolute Gasteiger partial charge is 0.494 e. The molecule has 3 rings (SSSR count). The maximum atomic E-state index is 5.58. The Morgan fingerprint density at radius 2 is 1.43 bits per heavy atom. The van der Waals surface area contributed by atoms with Gasteiger partial charge in [-0.3, -0.25) is 0 Å². The summed E-state index contributed by atoms with van der Waals surface area (Å²) in [7, 11) is 0. The molecule has 0 heterocycles. The van der Waals surface area contributed by atoms with Crippen molar-refractivity contribution < 1.29 is 4.74 Å². The molecular formula is C22H28O. The topological polar surface area (TPSA) is 9.23 Å². The highest BCUT2D eigenvalue weighted by molar-refractivity contribution is 5.75. The summed E-state index contributed by atoms with van der Waals surface area (Å²) in [5.74, 6) is 0.950. The molecule has 0 saturated carbocycles. The van der Waals surface area contributed by atoms with E-state index in [2.05, 4.69) is 58.9 Å². The summed E-state index contributed by atoms with van der Waals surface area (Å²) in [4.78, 5) is 0. The van der Waals surface area contributed by atoms with Crippen molar-refractivity contribution in [1.29, 1.82) is 0 Å². The van der Waals surface area contributed by atoms with Crippen LogP contribution >= 0.6 is 0 Å². The second-order valence-electron chi connectivity index (χ2n) is 7.68. The van der Waals surface area contributed by atoms with Crippen molar-refractivity contribution in [3.05, 3.63) is 52.1 Å². The van der Waals surface area contributed by atoms with Gasteiger partial charge < -0.3 is 4.74 Å². The van der Waals surface area contributed by atoms with Crippen LogP contribution in [0.3, 0.4) is 0 Å². The van der Waals surface area contributed by atoms with Crippen molar-refractivity contribution in [3.8, 4) is 16.9 Å². The Balaban J connectivity index is 2.12. The second-order valence-corrected chi connectivity index (χ2v) is 7.68. The van der Waals surface area contributed by atoms with Crippen molar-refractivity contribution in [2.24, 2.45) is 5.41 Å². The van der Waals surface area contributed by atoms with Crippen LogP contribution in [0.2, 0.25) is 0 Å². The van der Waals surface area contributed by atoms with Gasteiger partial charge in [0.2, 0.25) is 0 Å². The SMILES string of the molecule is CCOc1ccc(-c2c(C)c(C)c3c(c2C)CC(C)(C)C3)cc1. The highest BCUT2D eigenvalue weighted by Crippen LogP contribution is 2.44. The molecular weight excluding hydrogens is 280 g/mol. The van der Waals surface area contributed by atoms with Crippen LogP contribution in [0.4, 0.5) is 0 Å². The van der Waals surface area contributed by atoms with E-state index in [-0.39, 0.29) is 0 Å². The van der Waals surface area contributed by atoms with E-state index in [1.54, 1.807) is 11.1 Å². The molecule has 1 nitrogen and oxygen atoms in total. The molecule has 0 amide bonds. The molecule has 0 saturated heterocycles. The van der Waals surface area contributed by atoms with E-state index in [0.29, 0.717) is 12.0 Å². The number of hydrogen-bond acceptors (Lipinski definition) is 1. The predicted molar refractivity (Wildman–Crippen MR) is 98.4 cm³/mol. The fraction of sp³-hybridized carbons (Fsp3) is 0.455. The van der Waals surface area contributed by atoms with Gasteiger partial charge in [-0.05, 0) is 97.0 Å². The summed E-state index contributed by atoms with van der Waals surface area (Å²) in [5.41, 5.74) is 10.7. The van der Waals surface area contributed by atoms with E-state index in [0.717, 1.165) is 5.75 Å². The maximum Gasteiger partial charge on any atom is 0.119 e. The first-order chi connectivity index (χ1) is 10.8.